The maximum Gasteiger partial charge on any atom is 0.0540 e. The number of benzene rings is 12. The number of fused-ring (bicyclic) bond motifs is 4. The van der Waals surface area contributed by atoms with Crippen LogP contribution in [0.25, 0.3) is 77.5 Å². The van der Waals surface area contributed by atoms with E-state index in [1.807, 2.05) is 0 Å². The highest BCUT2D eigenvalue weighted by Gasteiger charge is 2.18. The first-order valence-corrected chi connectivity index (χ1v) is 23.3. The minimum atomic E-state index is 1.11. The second-order valence-corrected chi connectivity index (χ2v) is 17.4. The highest BCUT2D eigenvalue weighted by molar-refractivity contribution is 6.02. The molecule has 0 fully saturated rings. The molecule has 0 spiro atoms. The fourth-order valence-electron chi connectivity index (χ4n) is 9.66. The van der Waals surface area contributed by atoms with Crippen molar-refractivity contribution in [3.63, 3.8) is 0 Å². The Labute approximate surface area is 397 Å². The van der Waals surface area contributed by atoms with Crippen molar-refractivity contribution in [2.24, 2.45) is 0 Å². The van der Waals surface area contributed by atoms with E-state index in [9.17, 15) is 0 Å². The van der Waals surface area contributed by atoms with E-state index >= 15 is 0 Å². The molecule has 0 heterocycles. The van der Waals surface area contributed by atoms with Crippen molar-refractivity contribution in [2.45, 2.75) is 0 Å². The van der Waals surface area contributed by atoms with Crippen LogP contribution in [-0.2, 0) is 0 Å². The third-order valence-corrected chi connectivity index (χ3v) is 13.2. The molecule has 0 aliphatic heterocycles. The van der Waals surface area contributed by atoms with Crippen LogP contribution in [0.3, 0.4) is 0 Å². The minimum Gasteiger partial charge on any atom is -0.310 e. The lowest BCUT2D eigenvalue weighted by molar-refractivity contribution is 1.30. The summed E-state index contributed by atoms with van der Waals surface area (Å²) in [6.45, 7) is 0. The molecule has 0 atom stereocenters. The van der Waals surface area contributed by atoms with Crippen LogP contribution in [0, 0.1) is 0 Å². The van der Waals surface area contributed by atoms with E-state index in [1.165, 1.54) is 65.3 Å². The Bertz CT molecular complexity index is 3510. The molecule has 0 N–H and O–H groups in total. The van der Waals surface area contributed by atoms with Crippen molar-refractivity contribution in [3.05, 3.63) is 278 Å². The summed E-state index contributed by atoms with van der Waals surface area (Å²) in [5, 5.41) is 9.79. The predicted molar refractivity (Wildman–Crippen MR) is 292 cm³/mol. The van der Waals surface area contributed by atoms with Crippen LogP contribution in [0.1, 0.15) is 11.1 Å². The normalized spacial score (nSPS) is 11.5. The summed E-state index contributed by atoms with van der Waals surface area (Å²) in [5.74, 6) is 0. The maximum atomic E-state index is 2.38. The van der Waals surface area contributed by atoms with Gasteiger partial charge < -0.3 is 9.80 Å². The summed E-state index contributed by atoms with van der Waals surface area (Å²) in [7, 11) is 0. The maximum absolute atomic E-state index is 2.38. The van der Waals surface area contributed by atoms with Crippen molar-refractivity contribution in [1.29, 1.82) is 0 Å². The van der Waals surface area contributed by atoms with Crippen LogP contribution in [-0.4, -0.2) is 0 Å². The Kier molecular flexibility index (Phi) is 10.6. The smallest absolute Gasteiger partial charge is 0.0540 e. The molecule has 0 aliphatic carbocycles. The van der Waals surface area contributed by atoms with Gasteiger partial charge in [-0.15, -0.1) is 0 Å². The van der Waals surface area contributed by atoms with Crippen LogP contribution in [0.5, 0.6) is 0 Å². The first-order chi connectivity index (χ1) is 33.7. The van der Waals surface area contributed by atoms with Gasteiger partial charge in [0.15, 0.2) is 0 Å². The molecule has 0 saturated carbocycles. The molecule has 2 nitrogen and oxygen atoms in total. The van der Waals surface area contributed by atoms with Crippen molar-refractivity contribution >= 4 is 89.4 Å². The SMILES string of the molecule is C(=Cc1ccc(-c2ccc(N(c3ccc4ccccc4c3)c3cccc4ccccc34)cc2)cc1)c1ccc(-c2ccc(N(c3ccc4ccccc4c3)c3cccc4ccccc34)cc2)cc1. The third-order valence-electron chi connectivity index (χ3n) is 13.2. The van der Waals surface area contributed by atoms with Crippen LogP contribution < -0.4 is 9.80 Å². The molecule has 0 radical (unpaired) electrons. The molecule has 0 unspecified atom stereocenters. The lowest BCUT2D eigenvalue weighted by atomic mass is 10.0. The van der Waals surface area contributed by atoms with Crippen molar-refractivity contribution in [3.8, 4) is 22.3 Å². The lowest BCUT2D eigenvalue weighted by Crippen LogP contribution is -2.10. The largest absolute Gasteiger partial charge is 0.310 e. The molecule has 0 amide bonds. The molecule has 12 aromatic carbocycles. The topological polar surface area (TPSA) is 6.48 Å². The van der Waals surface area contributed by atoms with Gasteiger partial charge in [0.2, 0.25) is 0 Å². The Hall–Kier alpha value is -8.98. The van der Waals surface area contributed by atoms with E-state index in [0.717, 1.165) is 45.3 Å². The summed E-state index contributed by atoms with van der Waals surface area (Å²) in [6, 6.07) is 96.6. The number of hydrogen-bond donors (Lipinski definition) is 0. The van der Waals surface area contributed by atoms with Crippen LogP contribution in [0.4, 0.5) is 34.1 Å². The predicted octanol–water partition coefficient (Wildman–Crippen LogP) is 18.7. The van der Waals surface area contributed by atoms with E-state index in [2.05, 4.69) is 289 Å². The highest BCUT2D eigenvalue weighted by atomic mass is 15.1. The quantitative estimate of drug-likeness (QED) is 0.126. The van der Waals surface area contributed by atoms with Gasteiger partial charge in [-0.2, -0.15) is 0 Å². The van der Waals surface area contributed by atoms with Gasteiger partial charge in [-0.25, -0.2) is 0 Å². The summed E-state index contributed by atoms with van der Waals surface area (Å²) >= 11 is 0. The second kappa shape index (κ2) is 17.8. The van der Waals surface area contributed by atoms with Gasteiger partial charge in [0.25, 0.3) is 0 Å². The third kappa shape index (κ3) is 7.95. The molecular weight excluding hydrogens is 821 g/mol. The Morgan fingerprint density at radius 1 is 0.221 bits per heavy atom. The standard InChI is InChI=1S/C66H46N2/c1-3-15-57-45-61(43-37-49(57)11-1)67(65-21-9-17-55-13-5-7-19-63(55)65)59-39-33-53(34-40-59)51-29-25-47(26-30-51)23-24-48-27-31-52(32-28-48)54-35-41-60(42-36-54)68(62-44-38-50-12-2-4-16-58(50)46-62)66-22-10-18-56-14-6-8-20-64(56)66/h1-46H. The highest BCUT2D eigenvalue weighted by Crippen LogP contribution is 2.42. The molecule has 12 rings (SSSR count). The second-order valence-electron chi connectivity index (χ2n) is 17.4. The number of anilines is 6. The van der Waals surface area contributed by atoms with Crippen molar-refractivity contribution in [2.75, 3.05) is 9.80 Å². The van der Waals surface area contributed by atoms with E-state index in [1.54, 1.807) is 0 Å². The van der Waals surface area contributed by atoms with E-state index < -0.39 is 0 Å². The summed E-state index contributed by atoms with van der Waals surface area (Å²) in [6.07, 6.45) is 4.38. The summed E-state index contributed by atoms with van der Waals surface area (Å²) < 4.78 is 0. The average molecular weight is 867 g/mol. The Balaban J connectivity index is 0.766. The fraction of sp³-hybridized carbons (Fsp3) is 0. The molecular formula is C66H46N2. The molecule has 12 aromatic rings. The monoisotopic (exact) mass is 866 g/mol. The van der Waals surface area contributed by atoms with Gasteiger partial charge in [-0.3, -0.25) is 0 Å². The van der Waals surface area contributed by atoms with Gasteiger partial charge in [0.05, 0.1) is 11.4 Å². The zero-order chi connectivity index (χ0) is 45.2. The molecule has 2 heteroatoms. The molecule has 0 saturated heterocycles. The zero-order valence-electron chi connectivity index (χ0n) is 37.5. The van der Waals surface area contributed by atoms with Crippen molar-refractivity contribution in [1.82, 2.24) is 0 Å². The van der Waals surface area contributed by atoms with Gasteiger partial charge >= 0.3 is 0 Å². The van der Waals surface area contributed by atoms with E-state index in [0.29, 0.717) is 0 Å². The number of rotatable bonds is 10. The van der Waals surface area contributed by atoms with Gasteiger partial charge in [0.1, 0.15) is 0 Å². The molecule has 68 heavy (non-hydrogen) atoms. The van der Waals surface area contributed by atoms with Gasteiger partial charge in [-0.05, 0) is 126 Å². The van der Waals surface area contributed by atoms with Crippen LogP contribution >= 0.6 is 0 Å². The number of nitrogens with zero attached hydrogens (tertiary/aromatic N) is 2. The molecule has 0 aliphatic rings. The Morgan fingerprint density at radius 2 is 0.529 bits per heavy atom. The molecule has 0 aromatic heterocycles. The van der Waals surface area contributed by atoms with E-state index in [4.69, 9.17) is 0 Å². The first kappa shape index (κ1) is 40.5. The van der Waals surface area contributed by atoms with Crippen LogP contribution in [0.15, 0.2) is 267 Å². The van der Waals surface area contributed by atoms with Crippen LogP contribution in [0.2, 0.25) is 0 Å². The minimum absolute atomic E-state index is 1.11. The zero-order valence-corrected chi connectivity index (χ0v) is 37.5. The summed E-state index contributed by atoms with van der Waals surface area (Å²) in [5.41, 5.74) is 13.8. The van der Waals surface area contributed by atoms with Gasteiger partial charge in [-0.1, -0.05) is 218 Å². The van der Waals surface area contributed by atoms with Crippen molar-refractivity contribution < 1.29 is 0 Å². The molecule has 320 valence electrons. The average Bonchev–Trinajstić information content (AvgIpc) is 3.41. The number of hydrogen-bond acceptors (Lipinski definition) is 2. The Morgan fingerprint density at radius 3 is 0.926 bits per heavy atom. The van der Waals surface area contributed by atoms with E-state index in [-0.39, 0.29) is 0 Å². The fourth-order valence-corrected chi connectivity index (χ4v) is 9.66. The summed E-state index contributed by atoms with van der Waals surface area (Å²) in [4.78, 5) is 4.76. The lowest BCUT2D eigenvalue weighted by Gasteiger charge is -2.27. The van der Waals surface area contributed by atoms with Gasteiger partial charge in [0, 0.05) is 33.5 Å². The molecule has 0 bridgehead atoms. The first-order valence-electron chi connectivity index (χ1n) is 23.3.